The number of ether oxygens (including phenoxy) is 1. The lowest BCUT2D eigenvalue weighted by molar-refractivity contribution is -0.116. The van der Waals surface area contributed by atoms with E-state index in [0.29, 0.717) is 17.3 Å². The number of carbonyl (C=O) groups is 3. The number of carbonyl (C=O) groups excluding carboxylic acids is 3. The first-order chi connectivity index (χ1) is 16.7. The van der Waals surface area contributed by atoms with Crippen LogP contribution in [0.25, 0.3) is 6.08 Å². The zero-order chi connectivity index (χ0) is 25.5. The number of nitrogens with one attached hydrogen (secondary N) is 1. The van der Waals surface area contributed by atoms with Crippen molar-refractivity contribution in [2.45, 2.75) is 13.8 Å². The molecule has 0 saturated heterocycles. The van der Waals surface area contributed by atoms with Crippen molar-refractivity contribution in [2.24, 2.45) is 0 Å². The molecule has 0 spiro atoms. The minimum absolute atomic E-state index is 0.0708. The van der Waals surface area contributed by atoms with Crippen molar-refractivity contribution < 1.29 is 27.9 Å². The average Bonchev–Trinajstić information content (AvgIpc) is 3.27. The predicted molar refractivity (Wildman–Crippen MR) is 126 cm³/mol. The molecular formula is C24H18F2N4O4S. The summed E-state index contributed by atoms with van der Waals surface area (Å²) in [6, 6.07) is 10.5. The fraction of sp³-hybridized carbons (Fsp3) is 0.125. The first-order valence-corrected chi connectivity index (χ1v) is 11.0. The number of hydrogen-bond acceptors (Lipinski definition) is 7. The van der Waals surface area contributed by atoms with E-state index in [1.165, 1.54) is 42.6 Å². The highest BCUT2D eigenvalue weighted by molar-refractivity contribution is 7.14. The van der Waals surface area contributed by atoms with E-state index >= 15 is 0 Å². The maximum Gasteiger partial charge on any atom is 0.338 e. The van der Waals surface area contributed by atoms with Crippen LogP contribution in [-0.2, 0) is 14.3 Å². The number of aromatic nitrogens is 1. The molecule has 178 valence electrons. The van der Waals surface area contributed by atoms with E-state index in [1.807, 2.05) is 0 Å². The summed E-state index contributed by atoms with van der Waals surface area (Å²) in [5, 5.41) is 13.5. The molecule has 0 aliphatic carbocycles. The number of halogens is 2. The topological polar surface area (TPSA) is 112 Å². The third-order valence-corrected chi connectivity index (χ3v) is 5.32. The predicted octanol–water partition coefficient (Wildman–Crippen LogP) is 4.83. The first-order valence-electron chi connectivity index (χ1n) is 10.1. The number of nitrogens with zero attached hydrogens (tertiary/aromatic N) is 3. The van der Waals surface area contributed by atoms with Crippen LogP contribution >= 0.6 is 11.3 Å². The molecular weight excluding hydrogens is 478 g/mol. The Morgan fingerprint density at radius 1 is 1.20 bits per heavy atom. The number of rotatable bonds is 7. The van der Waals surface area contributed by atoms with E-state index in [0.717, 1.165) is 28.4 Å². The Bertz CT molecular complexity index is 1350. The highest BCUT2D eigenvalue weighted by Gasteiger charge is 2.22. The number of anilines is 3. The molecule has 0 saturated carbocycles. The highest BCUT2D eigenvalue weighted by Crippen LogP contribution is 2.31. The molecule has 2 aromatic carbocycles. The van der Waals surface area contributed by atoms with Gasteiger partial charge in [-0.3, -0.25) is 14.5 Å². The van der Waals surface area contributed by atoms with Gasteiger partial charge < -0.3 is 10.1 Å². The maximum absolute atomic E-state index is 14.2. The lowest BCUT2D eigenvalue weighted by atomic mass is 10.2. The van der Waals surface area contributed by atoms with Gasteiger partial charge in [0.05, 0.1) is 23.6 Å². The van der Waals surface area contributed by atoms with Crippen molar-refractivity contribution in [3.8, 4) is 6.07 Å². The average molecular weight is 496 g/mol. The van der Waals surface area contributed by atoms with E-state index in [4.69, 9.17) is 4.74 Å². The van der Waals surface area contributed by atoms with Gasteiger partial charge in [0.1, 0.15) is 23.3 Å². The number of nitriles is 1. The SMILES string of the molecule is CCOC(=O)c1ccc(NC(=O)/C(C#N)=C/c2csc(N(C(C)=O)c3ccc(F)cc3F)n2)cc1. The second-order valence-corrected chi connectivity index (χ2v) is 7.76. The van der Waals surface area contributed by atoms with Gasteiger partial charge in [-0.1, -0.05) is 0 Å². The van der Waals surface area contributed by atoms with Gasteiger partial charge in [-0.05, 0) is 49.4 Å². The molecule has 3 aromatic rings. The van der Waals surface area contributed by atoms with Gasteiger partial charge in [0, 0.05) is 24.1 Å². The molecule has 35 heavy (non-hydrogen) atoms. The van der Waals surface area contributed by atoms with E-state index in [-0.39, 0.29) is 28.7 Å². The largest absolute Gasteiger partial charge is 0.462 e. The Kier molecular flexibility index (Phi) is 8.01. The van der Waals surface area contributed by atoms with Gasteiger partial charge in [-0.2, -0.15) is 5.26 Å². The fourth-order valence-corrected chi connectivity index (χ4v) is 3.75. The molecule has 0 radical (unpaired) electrons. The van der Waals surface area contributed by atoms with Crippen molar-refractivity contribution in [1.82, 2.24) is 4.98 Å². The number of benzene rings is 2. The molecule has 0 aliphatic rings. The monoisotopic (exact) mass is 496 g/mol. The molecule has 8 nitrogen and oxygen atoms in total. The van der Waals surface area contributed by atoms with Gasteiger partial charge in [-0.25, -0.2) is 18.6 Å². The number of thiazole rings is 1. The number of hydrogen-bond donors (Lipinski definition) is 1. The quantitative estimate of drug-likeness (QED) is 0.285. The van der Waals surface area contributed by atoms with Crippen molar-refractivity contribution >= 4 is 51.7 Å². The van der Waals surface area contributed by atoms with E-state index in [1.54, 1.807) is 13.0 Å². The van der Waals surface area contributed by atoms with Crippen LogP contribution in [0.15, 0.2) is 53.4 Å². The van der Waals surface area contributed by atoms with Crippen LogP contribution < -0.4 is 10.2 Å². The van der Waals surface area contributed by atoms with Crippen LogP contribution in [-0.4, -0.2) is 29.4 Å². The number of esters is 1. The minimum Gasteiger partial charge on any atom is -0.462 e. The summed E-state index contributed by atoms with van der Waals surface area (Å²) in [7, 11) is 0. The van der Waals surface area contributed by atoms with Crippen molar-refractivity contribution in [1.29, 1.82) is 5.26 Å². The molecule has 0 unspecified atom stereocenters. The Morgan fingerprint density at radius 3 is 2.51 bits per heavy atom. The lowest BCUT2D eigenvalue weighted by Gasteiger charge is -2.18. The van der Waals surface area contributed by atoms with Gasteiger partial charge in [-0.15, -0.1) is 11.3 Å². The van der Waals surface area contributed by atoms with E-state index < -0.39 is 29.4 Å². The summed E-state index contributed by atoms with van der Waals surface area (Å²) in [6.07, 6.45) is 1.21. The maximum atomic E-state index is 14.2. The van der Waals surface area contributed by atoms with Crippen LogP contribution in [0.2, 0.25) is 0 Å². The summed E-state index contributed by atoms with van der Waals surface area (Å²) in [5.41, 5.74) is 0.372. The number of amides is 2. The molecule has 0 aliphatic heterocycles. The van der Waals surface area contributed by atoms with Crippen molar-refractivity contribution in [3.05, 3.63) is 76.3 Å². The summed E-state index contributed by atoms with van der Waals surface area (Å²) in [4.78, 5) is 41.6. The Hall–Kier alpha value is -4.43. The third kappa shape index (κ3) is 6.13. The molecule has 2 amide bonds. The molecule has 0 bridgehead atoms. The molecule has 1 N–H and O–H groups in total. The van der Waals surface area contributed by atoms with Crippen LogP contribution in [0, 0.1) is 23.0 Å². The zero-order valence-corrected chi connectivity index (χ0v) is 19.4. The second kappa shape index (κ2) is 11.1. The van der Waals surface area contributed by atoms with Gasteiger partial charge in [0.25, 0.3) is 5.91 Å². The standard InChI is InChI=1S/C24H18F2N4O4S/c1-3-34-23(33)15-4-7-18(8-5-15)28-22(32)16(12-27)10-19-13-35-24(29-19)30(14(2)31)21-9-6-17(25)11-20(21)26/h4-11,13H,3H2,1-2H3,(H,28,32)/b16-10+. The van der Waals surface area contributed by atoms with Crippen LogP contribution in [0.3, 0.4) is 0 Å². The minimum atomic E-state index is -0.946. The second-order valence-electron chi connectivity index (χ2n) is 6.93. The van der Waals surface area contributed by atoms with Crippen LogP contribution in [0.5, 0.6) is 0 Å². The Balaban J connectivity index is 1.80. The first kappa shape index (κ1) is 25.2. The lowest BCUT2D eigenvalue weighted by Crippen LogP contribution is -2.23. The van der Waals surface area contributed by atoms with Crippen LogP contribution in [0.1, 0.15) is 29.9 Å². The van der Waals surface area contributed by atoms with Crippen molar-refractivity contribution in [3.63, 3.8) is 0 Å². The third-order valence-electron chi connectivity index (χ3n) is 4.48. The smallest absolute Gasteiger partial charge is 0.338 e. The van der Waals surface area contributed by atoms with E-state index in [9.17, 15) is 28.4 Å². The summed E-state index contributed by atoms with van der Waals surface area (Å²) >= 11 is 0.974. The molecule has 1 heterocycles. The van der Waals surface area contributed by atoms with Gasteiger partial charge >= 0.3 is 5.97 Å². The highest BCUT2D eigenvalue weighted by atomic mass is 32.1. The van der Waals surface area contributed by atoms with Crippen LogP contribution in [0.4, 0.5) is 25.3 Å². The Labute approximate surface area is 203 Å². The summed E-state index contributed by atoms with van der Waals surface area (Å²) in [5.74, 6) is -3.53. The molecule has 3 rings (SSSR count). The summed E-state index contributed by atoms with van der Waals surface area (Å²) in [6.45, 7) is 3.11. The zero-order valence-electron chi connectivity index (χ0n) is 18.5. The Morgan fingerprint density at radius 2 is 1.91 bits per heavy atom. The molecule has 11 heteroatoms. The van der Waals surface area contributed by atoms with Gasteiger partial charge in [0.2, 0.25) is 5.91 Å². The van der Waals surface area contributed by atoms with Gasteiger partial charge in [0.15, 0.2) is 5.13 Å². The van der Waals surface area contributed by atoms with E-state index in [2.05, 4.69) is 10.3 Å². The summed E-state index contributed by atoms with van der Waals surface area (Å²) < 4.78 is 32.4. The van der Waals surface area contributed by atoms with Crippen molar-refractivity contribution in [2.75, 3.05) is 16.8 Å². The molecule has 1 aromatic heterocycles. The normalized spacial score (nSPS) is 10.9. The fourth-order valence-electron chi connectivity index (χ4n) is 2.91. The molecule has 0 fully saturated rings. The molecule has 0 atom stereocenters.